The summed E-state index contributed by atoms with van der Waals surface area (Å²) in [7, 11) is 0. The third-order valence-electron chi connectivity index (χ3n) is 6.95. The summed E-state index contributed by atoms with van der Waals surface area (Å²) in [6.45, 7) is 24.0. The monoisotopic (exact) mass is 683 g/mol. The van der Waals surface area contributed by atoms with E-state index in [0.29, 0.717) is 0 Å². The van der Waals surface area contributed by atoms with Gasteiger partial charge in [-0.25, -0.2) is 0 Å². The number of benzene rings is 6. The zero-order valence-electron chi connectivity index (χ0n) is 33.7. The summed E-state index contributed by atoms with van der Waals surface area (Å²) >= 11 is 0. The van der Waals surface area contributed by atoms with E-state index in [0.717, 1.165) is 22.7 Å². The minimum absolute atomic E-state index is 0.0829. The van der Waals surface area contributed by atoms with Crippen molar-refractivity contribution in [1.29, 1.82) is 0 Å². The molecule has 0 atom stereocenters. The molecule has 2 nitrogen and oxygen atoms in total. The molecule has 0 unspecified atom stereocenters. The SMILES string of the molecule is CC.CC.CC.CC.CC.CC.c1ccc(C(Nc2ccc(-c3ccc(N(c4ccccc4)c4ccccc4)cc3)cc2)c2ccccc2)cc1. The molecule has 0 aliphatic rings. The maximum atomic E-state index is 3.74. The van der Waals surface area contributed by atoms with E-state index >= 15 is 0 Å². The lowest BCUT2D eigenvalue weighted by molar-refractivity contribution is 0.939. The summed E-state index contributed by atoms with van der Waals surface area (Å²) in [6.07, 6.45) is 0. The van der Waals surface area contributed by atoms with E-state index < -0.39 is 0 Å². The number of hydrogen-bond acceptors (Lipinski definition) is 2. The Morgan fingerprint density at radius 2 is 0.588 bits per heavy atom. The summed E-state index contributed by atoms with van der Waals surface area (Å²) in [4.78, 5) is 2.28. The highest BCUT2D eigenvalue weighted by Gasteiger charge is 2.14. The standard InChI is InChI=1S/C37H30N2.6C2H6/c1-5-13-31(14-6-1)37(32-15-7-2-8-16-32)38-33-25-21-29(22-26-33)30-23-27-36(28-24-30)39(34-17-9-3-10-18-34)35-19-11-4-12-20-35;6*1-2/h1-28,37-38H;6*1-2H3. The lowest BCUT2D eigenvalue weighted by Gasteiger charge is -2.25. The second kappa shape index (κ2) is 29.8. The van der Waals surface area contributed by atoms with Crippen molar-refractivity contribution in [3.05, 3.63) is 181 Å². The molecule has 0 aromatic heterocycles. The van der Waals surface area contributed by atoms with Crippen molar-refractivity contribution in [1.82, 2.24) is 0 Å². The van der Waals surface area contributed by atoms with Crippen LogP contribution in [-0.2, 0) is 0 Å². The molecule has 0 bridgehead atoms. The van der Waals surface area contributed by atoms with E-state index in [1.54, 1.807) is 0 Å². The van der Waals surface area contributed by atoms with Gasteiger partial charge in [-0.15, -0.1) is 0 Å². The third kappa shape index (κ3) is 14.7. The van der Waals surface area contributed by atoms with Crippen molar-refractivity contribution in [3.8, 4) is 11.1 Å². The first-order valence-electron chi connectivity index (χ1n) is 19.3. The highest BCUT2D eigenvalue weighted by molar-refractivity contribution is 5.78. The van der Waals surface area contributed by atoms with Crippen molar-refractivity contribution in [2.24, 2.45) is 0 Å². The van der Waals surface area contributed by atoms with Crippen molar-refractivity contribution in [2.45, 2.75) is 89.1 Å². The smallest absolute Gasteiger partial charge is 0.0767 e. The number of nitrogens with zero attached hydrogens (tertiary/aromatic N) is 1. The molecule has 0 aliphatic heterocycles. The van der Waals surface area contributed by atoms with Crippen LogP contribution in [0.3, 0.4) is 0 Å². The first-order chi connectivity index (χ1) is 25.3. The average molecular weight is 683 g/mol. The summed E-state index contributed by atoms with van der Waals surface area (Å²) in [6, 6.07) is 59.8. The van der Waals surface area contributed by atoms with Gasteiger partial charge in [-0.05, 0) is 70.8 Å². The Bertz CT molecular complexity index is 1500. The van der Waals surface area contributed by atoms with Gasteiger partial charge in [-0.2, -0.15) is 0 Å². The van der Waals surface area contributed by atoms with Gasteiger partial charge >= 0.3 is 0 Å². The molecule has 6 aromatic rings. The Hall–Kier alpha value is -5.08. The molecule has 6 rings (SSSR count). The lowest BCUT2D eigenvalue weighted by atomic mass is 9.98. The molecule has 0 saturated carbocycles. The van der Waals surface area contributed by atoms with Gasteiger partial charge < -0.3 is 10.2 Å². The van der Waals surface area contributed by atoms with Crippen LogP contribution in [0.15, 0.2) is 170 Å². The number of anilines is 4. The van der Waals surface area contributed by atoms with E-state index in [1.807, 2.05) is 83.1 Å². The molecule has 1 N–H and O–H groups in total. The second-order valence-electron chi connectivity index (χ2n) is 9.53. The number of hydrogen-bond donors (Lipinski definition) is 1. The molecule has 0 aliphatic carbocycles. The fraction of sp³-hybridized carbons (Fsp3) is 0.265. The molecule has 2 heteroatoms. The van der Waals surface area contributed by atoms with Gasteiger partial charge in [0.15, 0.2) is 0 Å². The molecule has 0 radical (unpaired) electrons. The van der Waals surface area contributed by atoms with Crippen molar-refractivity contribution >= 4 is 22.7 Å². The van der Waals surface area contributed by atoms with Gasteiger partial charge in [0, 0.05) is 22.7 Å². The van der Waals surface area contributed by atoms with E-state index in [4.69, 9.17) is 0 Å². The zero-order valence-corrected chi connectivity index (χ0v) is 33.7. The molecular formula is C49H66N2. The number of para-hydroxylation sites is 2. The van der Waals surface area contributed by atoms with Gasteiger partial charge in [-0.1, -0.05) is 204 Å². The highest BCUT2D eigenvalue weighted by Crippen LogP contribution is 2.35. The van der Waals surface area contributed by atoms with Gasteiger partial charge in [0.25, 0.3) is 0 Å². The minimum atomic E-state index is 0.0829. The van der Waals surface area contributed by atoms with Gasteiger partial charge in [-0.3, -0.25) is 0 Å². The van der Waals surface area contributed by atoms with Crippen LogP contribution in [0.2, 0.25) is 0 Å². The van der Waals surface area contributed by atoms with E-state index in [9.17, 15) is 0 Å². The molecule has 51 heavy (non-hydrogen) atoms. The Morgan fingerprint density at radius 1 is 0.314 bits per heavy atom. The lowest BCUT2D eigenvalue weighted by Crippen LogP contribution is -2.12. The maximum absolute atomic E-state index is 3.74. The molecule has 0 heterocycles. The predicted molar refractivity (Wildman–Crippen MR) is 233 cm³/mol. The minimum Gasteiger partial charge on any atom is -0.374 e. The molecule has 0 fully saturated rings. The highest BCUT2D eigenvalue weighted by atomic mass is 15.1. The second-order valence-corrected chi connectivity index (χ2v) is 9.53. The summed E-state index contributed by atoms with van der Waals surface area (Å²) in [5, 5.41) is 3.74. The van der Waals surface area contributed by atoms with Crippen LogP contribution < -0.4 is 10.2 Å². The Labute approximate surface area is 313 Å². The van der Waals surface area contributed by atoms with Crippen LogP contribution in [0.5, 0.6) is 0 Å². The predicted octanol–water partition coefficient (Wildman–Crippen LogP) is 16.2. The summed E-state index contributed by atoms with van der Waals surface area (Å²) in [5.74, 6) is 0. The van der Waals surface area contributed by atoms with Crippen LogP contribution in [0.25, 0.3) is 11.1 Å². The topological polar surface area (TPSA) is 15.3 Å². The molecule has 0 spiro atoms. The Kier molecular flexibility index (Phi) is 26.8. The Morgan fingerprint density at radius 3 is 0.922 bits per heavy atom. The fourth-order valence-electron chi connectivity index (χ4n) is 4.98. The first-order valence-corrected chi connectivity index (χ1v) is 19.3. The third-order valence-corrected chi connectivity index (χ3v) is 6.95. The van der Waals surface area contributed by atoms with Gasteiger partial charge in [0.2, 0.25) is 0 Å². The van der Waals surface area contributed by atoms with E-state index in [-0.39, 0.29) is 6.04 Å². The molecular weight excluding hydrogens is 617 g/mol. The van der Waals surface area contributed by atoms with Gasteiger partial charge in [0.05, 0.1) is 6.04 Å². The normalized spacial score (nSPS) is 8.96. The molecule has 272 valence electrons. The van der Waals surface area contributed by atoms with Crippen LogP contribution in [0, 0.1) is 0 Å². The Balaban J connectivity index is 0.00000189. The van der Waals surface area contributed by atoms with Crippen LogP contribution in [0.4, 0.5) is 22.7 Å². The van der Waals surface area contributed by atoms with Crippen molar-refractivity contribution in [3.63, 3.8) is 0 Å². The van der Waals surface area contributed by atoms with Crippen LogP contribution >= 0.6 is 0 Å². The number of rotatable bonds is 8. The van der Waals surface area contributed by atoms with Crippen LogP contribution in [0.1, 0.15) is 100 Å². The van der Waals surface area contributed by atoms with Crippen molar-refractivity contribution in [2.75, 3.05) is 10.2 Å². The van der Waals surface area contributed by atoms with Crippen molar-refractivity contribution < 1.29 is 0 Å². The van der Waals surface area contributed by atoms with E-state index in [2.05, 4.69) is 180 Å². The molecule has 6 aromatic carbocycles. The summed E-state index contributed by atoms with van der Waals surface area (Å²) < 4.78 is 0. The fourth-order valence-corrected chi connectivity index (χ4v) is 4.98. The molecule has 0 amide bonds. The average Bonchev–Trinajstić information content (AvgIpc) is 3.26. The first kappa shape index (κ1) is 45.9. The number of nitrogens with one attached hydrogen (secondary N) is 1. The zero-order chi connectivity index (χ0) is 38.3. The largest absolute Gasteiger partial charge is 0.374 e. The summed E-state index contributed by atoms with van der Waals surface area (Å²) in [5.41, 5.74) is 9.35. The quantitative estimate of drug-likeness (QED) is 0.172. The molecule has 0 saturated heterocycles. The van der Waals surface area contributed by atoms with Gasteiger partial charge in [0.1, 0.15) is 0 Å². The van der Waals surface area contributed by atoms with Crippen LogP contribution in [-0.4, -0.2) is 0 Å². The van der Waals surface area contributed by atoms with E-state index in [1.165, 1.54) is 22.3 Å². The maximum Gasteiger partial charge on any atom is 0.0767 e.